The van der Waals surface area contributed by atoms with Gasteiger partial charge in [0, 0.05) is 19.5 Å². The molecular weight excluding hydrogens is 250 g/mol. The Balaban J connectivity index is 1.96. The van der Waals surface area contributed by atoms with Crippen LogP contribution in [0.2, 0.25) is 5.02 Å². The van der Waals surface area contributed by atoms with Crippen LogP contribution in [0.4, 0.5) is 0 Å². The van der Waals surface area contributed by atoms with Crippen LogP contribution in [0.15, 0.2) is 12.1 Å². The standard InChI is InChI=1S/C14H16ClNO2/c1-2-3-4-5-16-10-11-8-12(15)14-13(9-11)17-6-7-18-14/h8-9,16H,4-7,10H2,1H3. The first kappa shape index (κ1) is 13.1. The molecule has 0 bridgehead atoms. The number of halogens is 1. The smallest absolute Gasteiger partial charge is 0.179 e. The summed E-state index contributed by atoms with van der Waals surface area (Å²) in [6.45, 7) is 4.60. The zero-order valence-corrected chi connectivity index (χ0v) is 11.1. The van der Waals surface area contributed by atoms with Crippen LogP contribution in [-0.4, -0.2) is 19.8 Å². The fourth-order valence-corrected chi connectivity index (χ4v) is 2.06. The van der Waals surface area contributed by atoms with E-state index in [1.165, 1.54) is 0 Å². The molecule has 0 saturated heterocycles. The molecule has 0 aliphatic carbocycles. The predicted octanol–water partition coefficient (Wildman–Crippen LogP) is 2.61. The highest BCUT2D eigenvalue weighted by Gasteiger charge is 2.16. The predicted molar refractivity (Wildman–Crippen MR) is 72.2 cm³/mol. The topological polar surface area (TPSA) is 30.5 Å². The summed E-state index contributed by atoms with van der Waals surface area (Å²) in [5.41, 5.74) is 1.09. The Morgan fingerprint density at radius 1 is 1.33 bits per heavy atom. The van der Waals surface area contributed by atoms with Crippen molar-refractivity contribution in [2.45, 2.75) is 19.9 Å². The minimum atomic E-state index is 0.556. The van der Waals surface area contributed by atoms with Crippen LogP contribution in [0.25, 0.3) is 0 Å². The van der Waals surface area contributed by atoms with Crippen LogP contribution >= 0.6 is 11.6 Å². The van der Waals surface area contributed by atoms with Gasteiger partial charge in [-0.2, -0.15) is 0 Å². The maximum absolute atomic E-state index is 6.15. The minimum Gasteiger partial charge on any atom is -0.486 e. The van der Waals surface area contributed by atoms with E-state index >= 15 is 0 Å². The number of hydrogen-bond donors (Lipinski definition) is 1. The van der Waals surface area contributed by atoms with Gasteiger partial charge in [0.2, 0.25) is 0 Å². The Morgan fingerprint density at radius 3 is 3.00 bits per heavy atom. The summed E-state index contributed by atoms with van der Waals surface area (Å²) in [6.07, 6.45) is 0.856. The third-order valence-corrected chi connectivity index (χ3v) is 2.87. The van der Waals surface area contributed by atoms with Crippen LogP contribution in [0, 0.1) is 11.8 Å². The fourth-order valence-electron chi connectivity index (χ4n) is 1.77. The molecule has 96 valence electrons. The van der Waals surface area contributed by atoms with Crippen molar-refractivity contribution in [3.63, 3.8) is 0 Å². The molecule has 0 fully saturated rings. The van der Waals surface area contributed by atoms with Gasteiger partial charge in [-0.05, 0) is 24.6 Å². The molecular formula is C14H16ClNO2. The summed E-state index contributed by atoms with van der Waals surface area (Å²) in [7, 11) is 0. The van der Waals surface area contributed by atoms with Gasteiger partial charge in [0.1, 0.15) is 13.2 Å². The van der Waals surface area contributed by atoms with Crippen molar-refractivity contribution in [1.82, 2.24) is 5.32 Å². The average molecular weight is 266 g/mol. The molecule has 1 aromatic rings. The Morgan fingerprint density at radius 2 is 2.17 bits per heavy atom. The normalized spacial score (nSPS) is 12.8. The lowest BCUT2D eigenvalue weighted by Crippen LogP contribution is -2.17. The minimum absolute atomic E-state index is 0.556. The highest BCUT2D eigenvalue weighted by molar-refractivity contribution is 6.32. The summed E-state index contributed by atoms with van der Waals surface area (Å²) in [5, 5.41) is 3.92. The molecule has 0 radical (unpaired) electrons. The van der Waals surface area contributed by atoms with Gasteiger partial charge in [0.15, 0.2) is 11.5 Å². The van der Waals surface area contributed by atoms with Crippen LogP contribution in [0.1, 0.15) is 18.9 Å². The molecule has 4 heteroatoms. The Labute approximate surface area is 112 Å². The van der Waals surface area contributed by atoms with E-state index in [4.69, 9.17) is 21.1 Å². The summed E-state index contributed by atoms with van der Waals surface area (Å²) >= 11 is 6.15. The second kappa shape index (κ2) is 6.53. The average Bonchev–Trinajstić information content (AvgIpc) is 2.39. The molecule has 0 unspecified atom stereocenters. The van der Waals surface area contributed by atoms with Crippen LogP contribution in [0.5, 0.6) is 11.5 Å². The third kappa shape index (κ3) is 3.32. The van der Waals surface area contributed by atoms with Crippen molar-refractivity contribution in [2.75, 3.05) is 19.8 Å². The Kier molecular flexibility index (Phi) is 4.74. The number of benzene rings is 1. The summed E-state index contributed by atoms with van der Waals surface area (Å²) in [5.74, 6) is 7.27. The molecule has 18 heavy (non-hydrogen) atoms. The van der Waals surface area contributed by atoms with Gasteiger partial charge in [-0.15, -0.1) is 11.8 Å². The van der Waals surface area contributed by atoms with Gasteiger partial charge in [0.25, 0.3) is 0 Å². The Hall–Kier alpha value is -1.37. The number of hydrogen-bond acceptors (Lipinski definition) is 3. The largest absolute Gasteiger partial charge is 0.486 e. The lowest BCUT2D eigenvalue weighted by Gasteiger charge is -2.20. The maximum atomic E-state index is 6.15. The fraction of sp³-hybridized carbons (Fsp3) is 0.429. The van der Waals surface area contributed by atoms with Crippen molar-refractivity contribution < 1.29 is 9.47 Å². The van der Waals surface area contributed by atoms with E-state index in [2.05, 4.69) is 17.2 Å². The lowest BCUT2D eigenvalue weighted by atomic mass is 10.2. The van der Waals surface area contributed by atoms with Gasteiger partial charge >= 0.3 is 0 Å². The third-order valence-electron chi connectivity index (χ3n) is 2.59. The van der Waals surface area contributed by atoms with Crippen molar-refractivity contribution in [3.05, 3.63) is 22.7 Å². The molecule has 0 aromatic heterocycles. The Bertz CT molecular complexity index is 477. The molecule has 1 aromatic carbocycles. The molecule has 1 N–H and O–H groups in total. The van der Waals surface area contributed by atoms with Gasteiger partial charge < -0.3 is 14.8 Å². The van der Waals surface area contributed by atoms with Gasteiger partial charge in [-0.25, -0.2) is 0 Å². The zero-order valence-electron chi connectivity index (χ0n) is 10.4. The molecule has 0 atom stereocenters. The van der Waals surface area contributed by atoms with Crippen LogP contribution < -0.4 is 14.8 Å². The number of rotatable bonds is 4. The van der Waals surface area contributed by atoms with Crippen molar-refractivity contribution in [2.24, 2.45) is 0 Å². The first-order valence-corrected chi connectivity index (χ1v) is 6.37. The first-order chi connectivity index (χ1) is 8.81. The van der Waals surface area contributed by atoms with Crippen molar-refractivity contribution in [1.29, 1.82) is 0 Å². The van der Waals surface area contributed by atoms with Gasteiger partial charge in [0.05, 0.1) is 5.02 Å². The summed E-state index contributed by atoms with van der Waals surface area (Å²) < 4.78 is 11.0. The number of ether oxygens (including phenoxy) is 2. The van der Waals surface area contributed by atoms with E-state index in [1.54, 1.807) is 0 Å². The van der Waals surface area contributed by atoms with E-state index < -0.39 is 0 Å². The molecule has 1 aliphatic rings. The monoisotopic (exact) mass is 265 g/mol. The maximum Gasteiger partial charge on any atom is 0.179 e. The van der Waals surface area contributed by atoms with E-state index in [9.17, 15) is 0 Å². The van der Waals surface area contributed by atoms with Gasteiger partial charge in [-0.1, -0.05) is 11.6 Å². The van der Waals surface area contributed by atoms with Crippen molar-refractivity contribution in [3.8, 4) is 23.3 Å². The molecule has 0 spiro atoms. The first-order valence-electron chi connectivity index (χ1n) is 5.99. The van der Waals surface area contributed by atoms with Gasteiger partial charge in [-0.3, -0.25) is 0 Å². The van der Waals surface area contributed by atoms with E-state index in [0.717, 1.165) is 30.8 Å². The molecule has 1 heterocycles. The highest BCUT2D eigenvalue weighted by Crippen LogP contribution is 2.38. The van der Waals surface area contributed by atoms with Crippen LogP contribution in [0.3, 0.4) is 0 Å². The van der Waals surface area contributed by atoms with E-state index in [-0.39, 0.29) is 0 Å². The van der Waals surface area contributed by atoms with E-state index in [1.807, 2.05) is 19.1 Å². The molecule has 1 aliphatic heterocycles. The number of fused-ring (bicyclic) bond motifs is 1. The summed E-state index contributed by atoms with van der Waals surface area (Å²) in [6, 6.07) is 3.88. The molecule has 3 nitrogen and oxygen atoms in total. The van der Waals surface area contributed by atoms with Crippen molar-refractivity contribution >= 4 is 11.6 Å². The quantitative estimate of drug-likeness (QED) is 0.671. The van der Waals surface area contributed by atoms with Crippen LogP contribution in [-0.2, 0) is 6.54 Å². The SMILES string of the molecule is CC#CCCNCc1cc(Cl)c2c(c1)OCCO2. The zero-order chi connectivity index (χ0) is 12.8. The highest BCUT2D eigenvalue weighted by atomic mass is 35.5. The molecule has 2 rings (SSSR count). The second-order valence-electron chi connectivity index (χ2n) is 3.96. The molecule has 0 saturated carbocycles. The summed E-state index contributed by atoms with van der Waals surface area (Å²) in [4.78, 5) is 0. The lowest BCUT2D eigenvalue weighted by molar-refractivity contribution is 0.171. The molecule has 0 amide bonds. The number of nitrogens with one attached hydrogen (secondary N) is 1. The van der Waals surface area contributed by atoms with E-state index in [0.29, 0.717) is 24.0 Å². The second-order valence-corrected chi connectivity index (χ2v) is 4.36.